The van der Waals surface area contributed by atoms with Gasteiger partial charge in [0.25, 0.3) is 0 Å². The van der Waals surface area contributed by atoms with Crippen molar-refractivity contribution in [2.45, 2.75) is 33.0 Å². The number of hydrogen-bond donors (Lipinski definition) is 2. The lowest BCUT2D eigenvalue weighted by Gasteiger charge is -2.16. The molecule has 2 aromatic rings. The molecule has 0 bridgehead atoms. The lowest BCUT2D eigenvalue weighted by atomic mass is 10.0. The molecule has 1 aromatic heterocycles. The summed E-state index contributed by atoms with van der Waals surface area (Å²) in [5, 5.41) is 6.33. The van der Waals surface area contributed by atoms with Gasteiger partial charge in [0.1, 0.15) is 5.56 Å². The fourth-order valence-electron chi connectivity index (χ4n) is 2.36. The smallest absolute Gasteiger partial charge is 0.434 e. The number of carbonyl (C=O) groups is 2. The second kappa shape index (κ2) is 8.42. The van der Waals surface area contributed by atoms with Crippen LogP contribution in [0.5, 0.6) is 0 Å². The molecule has 1 amide bonds. The van der Waals surface area contributed by atoms with E-state index in [1.54, 1.807) is 13.8 Å². The number of benzene rings is 1. The maximum absolute atomic E-state index is 13.5. The summed E-state index contributed by atoms with van der Waals surface area (Å²) in [6, 6.07) is 5.23. The van der Waals surface area contributed by atoms with Crippen molar-refractivity contribution in [2.24, 2.45) is 11.7 Å². The summed E-state index contributed by atoms with van der Waals surface area (Å²) in [4.78, 5) is 23.8. The normalized spacial score (nSPS) is 13.7. The number of nitrogens with zero attached hydrogens (tertiary/aromatic N) is 2. The van der Waals surface area contributed by atoms with Crippen molar-refractivity contribution in [2.75, 3.05) is 11.9 Å². The van der Waals surface area contributed by atoms with Gasteiger partial charge in [-0.05, 0) is 38.1 Å². The van der Waals surface area contributed by atoms with E-state index in [4.69, 9.17) is 5.73 Å². The first-order valence-corrected chi connectivity index (χ1v) is 8.55. The summed E-state index contributed by atoms with van der Waals surface area (Å²) in [5.41, 5.74) is 4.25. The molecule has 1 heterocycles. The molecule has 2 rings (SSSR count). The Kier molecular flexibility index (Phi) is 6.45. The van der Waals surface area contributed by atoms with E-state index in [2.05, 4.69) is 15.2 Å². The van der Waals surface area contributed by atoms with E-state index >= 15 is 0 Å². The van der Waals surface area contributed by atoms with Crippen LogP contribution in [-0.2, 0) is 15.7 Å². The van der Waals surface area contributed by atoms with Gasteiger partial charge in [0.15, 0.2) is 5.69 Å². The number of nitrogens with two attached hydrogens (primary N) is 1. The monoisotopic (exact) mass is 398 g/mol. The molecule has 0 saturated carbocycles. The van der Waals surface area contributed by atoms with Crippen LogP contribution in [0.4, 0.5) is 18.9 Å². The minimum absolute atomic E-state index is 0.0600. The molecule has 152 valence electrons. The molecule has 2 unspecified atom stereocenters. The summed E-state index contributed by atoms with van der Waals surface area (Å²) in [6.45, 7) is 4.81. The van der Waals surface area contributed by atoms with E-state index in [0.717, 1.165) is 6.20 Å². The molecule has 7 nitrogen and oxygen atoms in total. The van der Waals surface area contributed by atoms with Gasteiger partial charge in [-0.3, -0.25) is 4.79 Å². The van der Waals surface area contributed by atoms with E-state index in [-0.39, 0.29) is 24.2 Å². The van der Waals surface area contributed by atoms with Crippen LogP contribution in [0.15, 0.2) is 30.5 Å². The van der Waals surface area contributed by atoms with Gasteiger partial charge in [-0.2, -0.15) is 18.3 Å². The first-order valence-electron chi connectivity index (χ1n) is 8.55. The highest BCUT2D eigenvalue weighted by atomic mass is 19.4. The van der Waals surface area contributed by atoms with Crippen molar-refractivity contribution in [3.05, 3.63) is 41.7 Å². The van der Waals surface area contributed by atoms with Crippen LogP contribution in [0.25, 0.3) is 5.69 Å². The number of esters is 1. The fourth-order valence-corrected chi connectivity index (χ4v) is 2.36. The molecule has 0 spiro atoms. The van der Waals surface area contributed by atoms with Crippen molar-refractivity contribution in [3.8, 4) is 5.69 Å². The number of ether oxygens (including phenoxy) is 1. The van der Waals surface area contributed by atoms with Gasteiger partial charge in [-0.15, -0.1) is 0 Å². The first kappa shape index (κ1) is 21.4. The van der Waals surface area contributed by atoms with Gasteiger partial charge in [0.05, 0.1) is 24.4 Å². The summed E-state index contributed by atoms with van der Waals surface area (Å²) < 4.78 is 45.8. The molecule has 0 radical (unpaired) electrons. The Morgan fingerprint density at radius 2 is 1.86 bits per heavy atom. The molecule has 10 heteroatoms. The number of amides is 1. The van der Waals surface area contributed by atoms with Crippen LogP contribution in [0.3, 0.4) is 0 Å². The molecular formula is C18H21F3N4O3. The average Bonchev–Trinajstić information content (AvgIpc) is 3.07. The van der Waals surface area contributed by atoms with Gasteiger partial charge >= 0.3 is 12.1 Å². The van der Waals surface area contributed by atoms with Crippen molar-refractivity contribution in [1.82, 2.24) is 9.78 Å². The van der Waals surface area contributed by atoms with Crippen molar-refractivity contribution < 1.29 is 27.5 Å². The topological polar surface area (TPSA) is 99.2 Å². The Morgan fingerprint density at radius 1 is 1.25 bits per heavy atom. The zero-order valence-corrected chi connectivity index (χ0v) is 15.6. The molecule has 3 N–H and O–H groups in total. The quantitative estimate of drug-likeness (QED) is 0.729. The Balaban J connectivity index is 2.33. The molecule has 1 aromatic carbocycles. The summed E-state index contributed by atoms with van der Waals surface area (Å²) in [7, 11) is 0. The number of anilines is 1. The number of carbonyl (C=O) groups excluding carboxylic acids is 2. The van der Waals surface area contributed by atoms with Crippen LogP contribution >= 0.6 is 0 Å². The van der Waals surface area contributed by atoms with E-state index in [1.807, 2.05) is 0 Å². The van der Waals surface area contributed by atoms with E-state index in [9.17, 15) is 22.8 Å². The minimum atomic E-state index is -4.82. The molecule has 2 atom stereocenters. The molecule has 0 aliphatic heterocycles. The molecular weight excluding hydrogens is 377 g/mol. The molecule has 0 saturated heterocycles. The van der Waals surface area contributed by atoms with Crippen LogP contribution in [-0.4, -0.2) is 34.3 Å². The number of hydrogen-bond acceptors (Lipinski definition) is 5. The third-order valence-corrected chi connectivity index (χ3v) is 4.11. The number of halogens is 3. The number of nitrogens with one attached hydrogen (secondary N) is 1. The Labute approximate surface area is 159 Å². The molecule has 0 aliphatic rings. The van der Waals surface area contributed by atoms with Crippen LogP contribution in [0.1, 0.15) is 36.8 Å². The Bertz CT molecular complexity index is 845. The number of aromatic nitrogens is 2. The second-order valence-electron chi connectivity index (χ2n) is 6.22. The van der Waals surface area contributed by atoms with Gasteiger partial charge in [-0.1, -0.05) is 6.92 Å². The van der Waals surface area contributed by atoms with Crippen molar-refractivity contribution in [3.63, 3.8) is 0 Å². The lowest BCUT2D eigenvalue weighted by Crippen LogP contribution is -2.34. The zero-order valence-electron chi connectivity index (χ0n) is 15.6. The van der Waals surface area contributed by atoms with E-state index in [0.29, 0.717) is 10.4 Å². The maximum atomic E-state index is 13.5. The van der Waals surface area contributed by atoms with Crippen molar-refractivity contribution in [1.29, 1.82) is 0 Å². The lowest BCUT2D eigenvalue weighted by molar-refractivity contribution is -0.143. The third-order valence-electron chi connectivity index (χ3n) is 4.11. The highest BCUT2D eigenvalue weighted by Crippen LogP contribution is 2.34. The maximum Gasteiger partial charge on any atom is 0.434 e. The van der Waals surface area contributed by atoms with Crippen LogP contribution in [0.2, 0.25) is 0 Å². The molecule has 0 fully saturated rings. The predicted octanol–water partition coefficient (Wildman–Crippen LogP) is 2.99. The predicted molar refractivity (Wildman–Crippen MR) is 96.0 cm³/mol. The van der Waals surface area contributed by atoms with Crippen molar-refractivity contribution >= 4 is 17.6 Å². The van der Waals surface area contributed by atoms with E-state index in [1.165, 1.54) is 31.2 Å². The highest BCUT2D eigenvalue weighted by Gasteiger charge is 2.41. The average molecular weight is 398 g/mol. The van der Waals surface area contributed by atoms with Crippen LogP contribution < -0.4 is 11.1 Å². The van der Waals surface area contributed by atoms with Gasteiger partial charge in [0, 0.05) is 11.7 Å². The summed E-state index contributed by atoms with van der Waals surface area (Å²) in [5.74, 6) is -1.84. The summed E-state index contributed by atoms with van der Waals surface area (Å²) in [6.07, 6.45) is -4.00. The Hall–Kier alpha value is -2.88. The standard InChI is InChI=1S/C18H21F3N4O3/c1-4-28-17(27)14-9-23-25(15(14)18(19,20)21)13-7-5-12(6-8-13)24-16(26)10(2)11(3)22/h5-11H,4,22H2,1-3H3,(H,24,26). The first-order chi connectivity index (χ1) is 13.1. The molecule has 0 aliphatic carbocycles. The second-order valence-corrected chi connectivity index (χ2v) is 6.22. The van der Waals surface area contributed by atoms with Gasteiger partial charge in [-0.25, -0.2) is 9.48 Å². The van der Waals surface area contributed by atoms with E-state index < -0.39 is 29.3 Å². The minimum Gasteiger partial charge on any atom is -0.462 e. The van der Waals surface area contributed by atoms with Gasteiger partial charge in [0.2, 0.25) is 5.91 Å². The number of alkyl halides is 3. The Morgan fingerprint density at radius 3 is 2.36 bits per heavy atom. The number of rotatable bonds is 6. The summed E-state index contributed by atoms with van der Waals surface area (Å²) >= 11 is 0. The highest BCUT2D eigenvalue weighted by molar-refractivity contribution is 5.93. The van der Waals surface area contributed by atoms with Gasteiger partial charge < -0.3 is 15.8 Å². The largest absolute Gasteiger partial charge is 0.462 e. The zero-order chi connectivity index (χ0) is 21.1. The fraction of sp³-hybridized carbons (Fsp3) is 0.389. The SMILES string of the molecule is CCOC(=O)c1cnn(-c2ccc(NC(=O)C(C)C(C)N)cc2)c1C(F)(F)F. The molecule has 28 heavy (non-hydrogen) atoms. The third kappa shape index (κ3) is 4.69. The van der Waals surface area contributed by atoms with Crippen LogP contribution in [0, 0.1) is 5.92 Å².